The number of hydrogen-bond donors (Lipinski definition) is 0. The first kappa shape index (κ1) is 13.6. The fraction of sp³-hybridized carbons (Fsp3) is 0.286. The molecule has 0 spiro atoms. The average Bonchev–Trinajstić information content (AvgIpc) is 2.41. The Bertz CT molecular complexity index is 530. The molecule has 0 aliphatic carbocycles. The summed E-state index contributed by atoms with van der Waals surface area (Å²) in [6.07, 6.45) is 3.22. The van der Waals surface area contributed by atoms with Crippen LogP contribution in [-0.2, 0) is 6.54 Å². The van der Waals surface area contributed by atoms with Crippen LogP contribution in [-0.4, -0.2) is 23.6 Å². The van der Waals surface area contributed by atoms with Gasteiger partial charge in [0.05, 0.1) is 19.0 Å². The van der Waals surface area contributed by atoms with Crippen molar-refractivity contribution in [3.8, 4) is 5.75 Å². The minimum Gasteiger partial charge on any atom is -0.494 e. The van der Waals surface area contributed by atoms with Crippen molar-refractivity contribution in [1.82, 2.24) is 9.97 Å². The smallest absolute Gasteiger partial charge is 0.149 e. The van der Waals surface area contributed by atoms with Crippen molar-refractivity contribution in [3.05, 3.63) is 47.4 Å². The van der Waals surface area contributed by atoms with E-state index in [1.807, 2.05) is 43.1 Å². The first-order chi connectivity index (χ1) is 9.19. The van der Waals surface area contributed by atoms with Crippen LogP contribution in [0.3, 0.4) is 0 Å². The largest absolute Gasteiger partial charge is 0.494 e. The van der Waals surface area contributed by atoms with Crippen LogP contribution < -0.4 is 9.64 Å². The van der Waals surface area contributed by atoms with E-state index in [1.54, 1.807) is 6.20 Å². The molecule has 0 radical (unpaired) electrons. The van der Waals surface area contributed by atoms with Crippen molar-refractivity contribution >= 4 is 17.4 Å². The van der Waals surface area contributed by atoms with Gasteiger partial charge in [-0.05, 0) is 24.6 Å². The van der Waals surface area contributed by atoms with Crippen LogP contribution in [0.4, 0.5) is 5.82 Å². The number of nitrogens with zero attached hydrogens (tertiary/aromatic N) is 3. The number of anilines is 1. The summed E-state index contributed by atoms with van der Waals surface area (Å²) in [6.45, 7) is 3.39. The van der Waals surface area contributed by atoms with Crippen molar-refractivity contribution in [2.24, 2.45) is 0 Å². The van der Waals surface area contributed by atoms with Gasteiger partial charge in [0.1, 0.15) is 16.7 Å². The normalized spacial score (nSPS) is 10.3. The molecule has 1 aromatic carbocycles. The summed E-state index contributed by atoms with van der Waals surface area (Å²) in [4.78, 5) is 10.2. The maximum atomic E-state index is 5.83. The third-order valence-electron chi connectivity index (χ3n) is 2.64. The SMILES string of the molecule is CCOc1ccc(CN(C)c2cncc(Cl)n2)cc1. The molecular weight excluding hydrogens is 262 g/mol. The van der Waals surface area contributed by atoms with Gasteiger partial charge in [0, 0.05) is 13.6 Å². The summed E-state index contributed by atoms with van der Waals surface area (Å²) in [6, 6.07) is 8.02. The summed E-state index contributed by atoms with van der Waals surface area (Å²) in [5.74, 6) is 1.64. The lowest BCUT2D eigenvalue weighted by Gasteiger charge is -2.18. The number of halogens is 1. The molecule has 0 saturated carbocycles. The predicted molar refractivity (Wildman–Crippen MR) is 76.8 cm³/mol. The monoisotopic (exact) mass is 277 g/mol. The Labute approximate surface area is 118 Å². The number of aromatic nitrogens is 2. The number of rotatable bonds is 5. The van der Waals surface area contributed by atoms with Crippen molar-refractivity contribution < 1.29 is 4.74 Å². The Morgan fingerprint density at radius 2 is 1.95 bits per heavy atom. The van der Waals surface area contributed by atoms with E-state index in [-0.39, 0.29) is 0 Å². The van der Waals surface area contributed by atoms with Crippen LogP contribution in [0.5, 0.6) is 5.75 Å². The van der Waals surface area contributed by atoms with Gasteiger partial charge in [0.15, 0.2) is 0 Å². The third kappa shape index (κ3) is 3.83. The third-order valence-corrected chi connectivity index (χ3v) is 2.82. The van der Waals surface area contributed by atoms with Gasteiger partial charge in [-0.25, -0.2) is 4.98 Å². The summed E-state index contributed by atoms with van der Waals surface area (Å²) in [7, 11) is 1.96. The van der Waals surface area contributed by atoms with Crippen LogP contribution in [0.15, 0.2) is 36.7 Å². The lowest BCUT2D eigenvalue weighted by Crippen LogP contribution is -2.17. The maximum absolute atomic E-state index is 5.83. The standard InChI is InChI=1S/C14H16ClN3O/c1-3-19-12-6-4-11(5-7-12)10-18(2)14-9-16-8-13(15)17-14/h4-9H,3,10H2,1-2H3. The van der Waals surface area contributed by atoms with Crippen LogP contribution >= 0.6 is 11.6 Å². The minimum atomic E-state index is 0.399. The molecule has 4 nitrogen and oxygen atoms in total. The van der Waals surface area contributed by atoms with Crippen molar-refractivity contribution in [3.63, 3.8) is 0 Å². The Balaban J connectivity index is 2.04. The molecule has 100 valence electrons. The molecule has 0 aliphatic rings. The molecule has 1 aromatic heterocycles. The molecule has 0 bridgehead atoms. The quantitative estimate of drug-likeness (QED) is 0.841. The highest BCUT2D eigenvalue weighted by Gasteiger charge is 2.05. The van der Waals surface area contributed by atoms with E-state index in [4.69, 9.17) is 16.3 Å². The van der Waals surface area contributed by atoms with E-state index in [0.717, 1.165) is 18.1 Å². The van der Waals surface area contributed by atoms with Gasteiger partial charge in [-0.15, -0.1) is 0 Å². The molecule has 2 rings (SSSR count). The summed E-state index contributed by atoms with van der Waals surface area (Å²) in [5, 5.41) is 0.399. The Hall–Kier alpha value is -1.81. The molecule has 0 unspecified atom stereocenters. The molecular formula is C14H16ClN3O. The zero-order valence-electron chi connectivity index (χ0n) is 11.0. The zero-order valence-corrected chi connectivity index (χ0v) is 11.8. The predicted octanol–water partition coefficient (Wildman–Crippen LogP) is 3.17. The fourth-order valence-electron chi connectivity index (χ4n) is 1.73. The average molecular weight is 278 g/mol. The molecule has 1 heterocycles. The zero-order chi connectivity index (χ0) is 13.7. The number of benzene rings is 1. The lowest BCUT2D eigenvalue weighted by atomic mass is 10.2. The second-order valence-corrected chi connectivity index (χ2v) is 4.52. The van der Waals surface area contributed by atoms with Gasteiger partial charge in [0.2, 0.25) is 0 Å². The van der Waals surface area contributed by atoms with Gasteiger partial charge < -0.3 is 9.64 Å². The van der Waals surface area contributed by atoms with Crippen LogP contribution in [0, 0.1) is 0 Å². The summed E-state index contributed by atoms with van der Waals surface area (Å²) in [5.41, 5.74) is 1.17. The van der Waals surface area contributed by atoms with E-state index in [1.165, 1.54) is 11.8 Å². The highest BCUT2D eigenvalue weighted by Crippen LogP contribution is 2.16. The number of ether oxygens (including phenoxy) is 1. The van der Waals surface area contributed by atoms with E-state index in [0.29, 0.717) is 11.8 Å². The first-order valence-electron chi connectivity index (χ1n) is 6.09. The van der Waals surface area contributed by atoms with Crippen molar-refractivity contribution in [1.29, 1.82) is 0 Å². The Morgan fingerprint density at radius 1 is 1.21 bits per heavy atom. The summed E-state index contributed by atoms with van der Waals surface area (Å²) >= 11 is 5.83. The highest BCUT2D eigenvalue weighted by molar-refractivity contribution is 6.29. The first-order valence-corrected chi connectivity index (χ1v) is 6.47. The fourth-order valence-corrected chi connectivity index (χ4v) is 1.87. The van der Waals surface area contributed by atoms with Gasteiger partial charge in [-0.3, -0.25) is 4.98 Å². The molecule has 19 heavy (non-hydrogen) atoms. The van der Waals surface area contributed by atoms with Gasteiger partial charge in [-0.2, -0.15) is 0 Å². The molecule has 0 saturated heterocycles. The molecule has 2 aromatic rings. The molecule has 0 N–H and O–H groups in total. The van der Waals surface area contributed by atoms with E-state index < -0.39 is 0 Å². The molecule has 0 amide bonds. The van der Waals surface area contributed by atoms with Crippen LogP contribution in [0.2, 0.25) is 5.15 Å². The highest BCUT2D eigenvalue weighted by atomic mass is 35.5. The minimum absolute atomic E-state index is 0.399. The van der Waals surface area contributed by atoms with Gasteiger partial charge >= 0.3 is 0 Å². The number of hydrogen-bond acceptors (Lipinski definition) is 4. The van der Waals surface area contributed by atoms with Gasteiger partial charge in [0.25, 0.3) is 0 Å². The van der Waals surface area contributed by atoms with Crippen LogP contribution in [0.25, 0.3) is 0 Å². The van der Waals surface area contributed by atoms with Crippen molar-refractivity contribution in [2.45, 2.75) is 13.5 Å². The molecule has 0 atom stereocenters. The van der Waals surface area contributed by atoms with E-state index in [2.05, 4.69) is 9.97 Å². The molecule has 0 fully saturated rings. The summed E-state index contributed by atoms with van der Waals surface area (Å²) < 4.78 is 5.41. The maximum Gasteiger partial charge on any atom is 0.149 e. The second kappa shape index (κ2) is 6.38. The second-order valence-electron chi connectivity index (χ2n) is 4.13. The van der Waals surface area contributed by atoms with E-state index >= 15 is 0 Å². The molecule has 5 heteroatoms. The van der Waals surface area contributed by atoms with Crippen molar-refractivity contribution in [2.75, 3.05) is 18.6 Å². The topological polar surface area (TPSA) is 38.2 Å². The van der Waals surface area contributed by atoms with Gasteiger partial charge in [-0.1, -0.05) is 23.7 Å². The Kier molecular flexibility index (Phi) is 4.58. The van der Waals surface area contributed by atoms with E-state index in [9.17, 15) is 0 Å². The lowest BCUT2D eigenvalue weighted by molar-refractivity contribution is 0.340. The van der Waals surface area contributed by atoms with Crippen LogP contribution in [0.1, 0.15) is 12.5 Å². The Morgan fingerprint density at radius 3 is 2.58 bits per heavy atom. The molecule has 0 aliphatic heterocycles.